The fourth-order valence-electron chi connectivity index (χ4n) is 2.74. The monoisotopic (exact) mass is 398 g/mol. The number of carbonyl (C=O) groups is 1. The summed E-state index contributed by atoms with van der Waals surface area (Å²) in [5, 5.41) is 5.30. The van der Waals surface area contributed by atoms with Crippen molar-refractivity contribution in [3.05, 3.63) is 53.4 Å². The molecule has 0 saturated heterocycles. The summed E-state index contributed by atoms with van der Waals surface area (Å²) in [7, 11) is 4.85. The van der Waals surface area contributed by atoms with Gasteiger partial charge in [0.15, 0.2) is 5.13 Å². The fourth-order valence-corrected chi connectivity index (χ4v) is 3.46. The highest BCUT2D eigenvalue weighted by Gasteiger charge is 2.13. The van der Waals surface area contributed by atoms with Gasteiger partial charge in [-0.3, -0.25) is 4.79 Å². The number of rotatable bonds is 8. The number of aromatic nitrogens is 1. The number of nitrogens with one attached hydrogen (secondary N) is 1. The maximum absolute atomic E-state index is 12.3. The van der Waals surface area contributed by atoms with Gasteiger partial charge in [-0.05, 0) is 42.3 Å². The number of methoxy groups -OCH3 is 3. The summed E-state index contributed by atoms with van der Waals surface area (Å²) < 4.78 is 15.9. The van der Waals surface area contributed by atoms with E-state index in [0.717, 1.165) is 22.6 Å². The van der Waals surface area contributed by atoms with Crippen LogP contribution in [0.25, 0.3) is 11.3 Å². The van der Waals surface area contributed by atoms with Crippen LogP contribution >= 0.6 is 11.3 Å². The molecule has 7 heteroatoms. The number of carbonyl (C=O) groups excluding carboxylic acids is 1. The minimum absolute atomic E-state index is 0.0821. The Labute approximate surface area is 168 Å². The summed E-state index contributed by atoms with van der Waals surface area (Å²) in [6.07, 6.45) is 0.996. The van der Waals surface area contributed by atoms with E-state index in [2.05, 4.69) is 10.3 Å². The normalized spacial score (nSPS) is 10.4. The molecule has 1 aromatic heterocycles. The number of aryl methyl sites for hydroxylation is 1. The number of thiazole rings is 1. The lowest BCUT2D eigenvalue weighted by molar-refractivity contribution is -0.116. The van der Waals surface area contributed by atoms with Crippen LogP contribution in [0.15, 0.2) is 47.8 Å². The van der Waals surface area contributed by atoms with Crippen molar-refractivity contribution in [2.24, 2.45) is 0 Å². The lowest BCUT2D eigenvalue weighted by atomic mass is 10.1. The highest BCUT2D eigenvalue weighted by Crippen LogP contribution is 2.35. The van der Waals surface area contributed by atoms with Gasteiger partial charge in [-0.15, -0.1) is 11.3 Å². The molecule has 0 atom stereocenters. The van der Waals surface area contributed by atoms with Crippen LogP contribution in [0.4, 0.5) is 5.13 Å². The van der Waals surface area contributed by atoms with Gasteiger partial charge in [0.1, 0.15) is 17.2 Å². The first-order valence-electron chi connectivity index (χ1n) is 8.73. The van der Waals surface area contributed by atoms with Crippen LogP contribution in [-0.4, -0.2) is 32.2 Å². The number of ether oxygens (including phenoxy) is 3. The van der Waals surface area contributed by atoms with Crippen LogP contribution in [0.2, 0.25) is 0 Å². The molecule has 146 valence electrons. The highest BCUT2D eigenvalue weighted by atomic mass is 32.1. The van der Waals surface area contributed by atoms with Gasteiger partial charge in [-0.1, -0.05) is 12.1 Å². The molecule has 0 aliphatic heterocycles. The Bertz CT molecular complexity index is 955. The zero-order chi connectivity index (χ0) is 19.9. The first-order valence-corrected chi connectivity index (χ1v) is 9.61. The third-order valence-corrected chi connectivity index (χ3v) is 4.97. The van der Waals surface area contributed by atoms with Crippen molar-refractivity contribution in [1.82, 2.24) is 4.98 Å². The molecular formula is C21H22N2O4S. The van der Waals surface area contributed by atoms with Crippen molar-refractivity contribution in [3.8, 4) is 28.5 Å². The molecular weight excluding hydrogens is 376 g/mol. The van der Waals surface area contributed by atoms with Gasteiger partial charge >= 0.3 is 0 Å². The molecule has 0 radical (unpaired) electrons. The summed E-state index contributed by atoms with van der Waals surface area (Å²) in [4.78, 5) is 16.8. The minimum atomic E-state index is -0.0821. The smallest absolute Gasteiger partial charge is 0.226 e. The Balaban J connectivity index is 1.65. The van der Waals surface area contributed by atoms with Gasteiger partial charge in [0.25, 0.3) is 0 Å². The zero-order valence-corrected chi connectivity index (χ0v) is 16.8. The van der Waals surface area contributed by atoms with E-state index in [4.69, 9.17) is 14.2 Å². The topological polar surface area (TPSA) is 69.7 Å². The zero-order valence-electron chi connectivity index (χ0n) is 16.0. The number of amides is 1. The van der Waals surface area contributed by atoms with Crippen LogP contribution in [-0.2, 0) is 11.2 Å². The molecule has 0 aliphatic carbocycles. The fraction of sp³-hybridized carbons (Fsp3) is 0.238. The lowest BCUT2D eigenvalue weighted by Crippen LogP contribution is -2.12. The summed E-state index contributed by atoms with van der Waals surface area (Å²) >= 11 is 1.37. The van der Waals surface area contributed by atoms with Crippen molar-refractivity contribution in [2.45, 2.75) is 12.8 Å². The van der Waals surface area contributed by atoms with E-state index in [-0.39, 0.29) is 5.91 Å². The maximum atomic E-state index is 12.3. The van der Waals surface area contributed by atoms with E-state index in [1.807, 2.05) is 47.8 Å². The number of hydrogen-bond donors (Lipinski definition) is 1. The molecule has 0 saturated carbocycles. The Morgan fingerprint density at radius 3 is 2.57 bits per heavy atom. The van der Waals surface area contributed by atoms with Crippen molar-refractivity contribution < 1.29 is 19.0 Å². The predicted molar refractivity (Wildman–Crippen MR) is 111 cm³/mol. The second-order valence-corrected chi connectivity index (χ2v) is 6.86. The molecule has 6 nitrogen and oxygen atoms in total. The molecule has 3 rings (SSSR count). The van der Waals surface area contributed by atoms with Crippen LogP contribution in [0.1, 0.15) is 12.0 Å². The summed E-state index contributed by atoms with van der Waals surface area (Å²) in [5.74, 6) is 2.12. The van der Waals surface area contributed by atoms with E-state index < -0.39 is 0 Å². The number of anilines is 1. The first kappa shape index (κ1) is 19.7. The standard InChI is InChI=1S/C21H22N2O4S/c1-25-15-6-4-5-14(11-15)7-10-20(24)23-21-22-18(13-28-21)17-12-16(26-2)8-9-19(17)27-3/h4-6,8-9,11-13H,7,10H2,1-3H3,(H,22,23,24). The molecule has 0 bridgehead atoms. The minimum Gasteiger partial charge on any atom is -0.497 e. The number of nitrogens with zero attached hydrogens (tertiary/aromatic N) is 1. The SMILES string of the molecule is COc1cccc(CCC(=O)Nc2nc(-c3cc(OC)ccc3OC)cs2)c1. The average Bonchev–Trinajstić information content (AvgIpc) is 3.20. The lowest BCUT2D eigenvalue weighted by Gasteiger charge is -2.08. The van der Waals surface area contributed by atoms with Gasteiger partial charge in [0.05, 0.1) is 27.0 Å². The van der Waals surface area contributed by atoms with Gasteiger partial charge in [-0.2, -0.15) is 0 Å². The number of hydrogen-bond acceptors (Lipinski definition) is 6. The molecule has 0 spiro atoms. The Hall–Kier alpha value is -3.06. The van der Waals surface area contributed by atoms with Gasteiger partial charge in [0.2, 0.25) is 5.91 Å². The molecule has 0 unspecified atom stereocenters. The Morgan fingerprint density at radius 1 is 1.04 bits per heavy atom. The molecule has 0 fully saturated rings. The van der Waals surface area contributed by atoms with Crippen LogP contribution < -0.4 is 19.5 Å². The van der Waals surface area contributed by atoms with Crippen LogP contribution in [0.3, 0.4) is 0 Å². The first-order chi connectivity index (χ1) is 13.6. The van der Waals surface area contributed by atoms with Crippen molar-refractivity contribution in [1.29, 1.82) is 0 Å². The van der Waals surface area contributed by atoms with Crippen LogP contribution in [0, 0.1) is 0 Å². The third kappa shape index (κ3) is 4.80. The van der Waals surface area contributed by atoms with E-state index in [0.29, 0.717) is 29.5 Å². The van der Waals surface area contributed by atoms with Crippen molar-refractivity contribution in [2.75, 3.05) is 26.6 Å². The molecule has 1 heterocycles. The van der Waals surface area contributed by atoms with E-state index in [1.54, 1.807) is 21.3 Å². The Kier molecular flexibility index (Phi) is 6.49. The van der Waals surface area contributed by atoms with Gasteiger partial charge in [0, 0.05) is 17.4 Å². The summed E-state index contributed by atoms with van der Waals surface area (Å²) in [6.45, 7) is 0. The largest absolute Gasteiger partial charge is 0.497 e. The molecule has 1 amide bonds. The predicted octanol–water partition coefficient (Wildman–Crippen LogP) is 4.41. The number of benzene rings is 2. The van der Waals surface area contributed by atoms with Gasteiger partial charge < -0.3 is 19.5 Å². The molecule has 2 aromatic carbocycles. The van der Waals surface area contributed by atoms with Crippen molar-refractivity contribution in [3.63, 3.8) is 0 Å². The van der Waals surface area contributed by atoms with Crippen molar-refractivity contribution >= 4 is 22.4 Å². The third-order valence-electron chi connectivity index (χ3n) is 4.21. The summed E-state index contributed by atoms with van der Waals surface area (Å²) in [5.41, 5.74) is 2.59. The second kappa shape index (κ2) is 9.23. The van der Waals surface area contributed by atoms with Gasteiger partial charge in [-0.25, -0.2) is 4.98 Å². The maximum Gasteiger partial charge on any atom is 0.226 e. The molecule has 28 heavy (non-hydrogen) atoms. The molecule has 0 aliphatic rings. The highest BCUT2D eigenvalue weighted by molar-refractivity contribution is 7.14. The van der Waals surface area contributed by atoms with E-state index >= 15 is 0 Å². The molecule has 3 aromatic rings. The van der Waals surface area contributed by atoms with Crippen LogP contribution in [0.5, 0.6) is 17.2 Å². The molecule has 1 N–H and O–H groups in total. The van der Waals surface area contributed by atoms with E-state index in [9.17, 15) is 4.79 Å². The van der Waals surface area contributed by atoms with E-state index in [1.165, 1.54) is 11.3 Å². The Morgan fingerprint density at radius 2 is 1.82 bits per heavy atom. The average molecular weight is 398 g/mol. The summed E-state index contributed by atoms with van der Waals surface area (Å²) in [6, 6.07) is 13.2. The quantitative estimate of drug-likeness (QED) is 0.609. The second-order valence-electron chi connectivity index (χ2n) is 6.00.